The third kappa shape index (κ3) is 3.62. The van der Waals surface area contributed by atoms with E-state index < -0.39 is 0 Å². The van der Waals surface area contributed by atoms with Crippen LogP contribution in [0.25, 0.3) is 0 Å². The van der Waals surface area contributed by atoms with Crippen LogP contribution < -0.4 is 10.1 Å². The van der Waals surface area contributed by atoms with E-state index in [1.165, 1.54) is 6.33 Å². The summed E-state index contributed by atoms with van der Waals surface area (Å²) in [7, 11) is 0. The molecule has 1 atom stereocenters. The second-order valence-electron chi connectivity index (χ2n) is 4.62. The monoisotopic (exact) mass is 301 g/mol. The molecule has 1 aromatic rings. The van der Waals surface area contributed by atoms with Crippen molar-refractivity contribution in [3.63, 3.8) is 0 Å². The molecule has 0 saturated carbocycles. The van der Waals surface area contributed by atoms with E-state index in [9.17, 15) is 0 Å². The standard InChI is InChI=1S/C11H16BrN3O2/c1-11(2)6-13-3-8(17-11)5-16-10-9(12)4-14-7-15-10/h4,7-8,13H,3,5-6H2,1-2H3. The van der Waals surface area contributed by atoms with Gasteiger partial charge in [-0.15, -0.1) is 0 Å². The molecule has 6 heteroatoms. The highest BCUT2D eigenvalue weighted by Gasteiger charge is 2.28. The molecule has 17 heavy (non-hydrogen) atoms. The first-order chi connectivity index (χ1) is 8.07. The zero-order valence-corrected chi connectivity index (χ0v) is 11.5. The second-order valence-corrected chi connectivity index (χ2v) is 5.47. The molecule has 1 unspecified atom stereocenters. The van der Waals surface area contributed by atoms with Crippen LogP contribution >= 0.6 is 15.9 Å². The summed E-state index contributed by atoms with van der Waals surface area (Å²) >= 11 is 3.34. The Morgan fingerprint density at radius 3 is 3.18 bits per heavy atom. The van der Waals surface area contributed by atoms with Gasteiger partial charge in [0.2, 0.25) is 5.88 Å². The van der Waals surface area contributed by atoms with Crippen molar-refractivity contribution in [2.24, 2.45) is 0 Å². The van der Waals surface area contributed by atoms with E-state index in [0.717, 1.165) is 17.6 Å². The van der Waals surface area contributed by atoms with Crippen LogP contribution in [-0.2, 0) is 4.74 Å². The lowest BCUT2D eigenvalue weighted by atomic mass is 10.1. The van der Waals surface area contributed by atoms with Gasteiger partial charge in [0.05, 0.1) is 10.1 Å². The van der Waals surface area contributed by atoms with E-state index in [-0.39, 0.29) is 11.7 Å². The van der Waals surface area contributed by atoms with Gasteiger partial charge in [-0.25, -0.2) is 9.97 Å². The van der Waals surface area contributed by atoms with Crippen molar-refractivity contribution < 1.29 is 9.47 Å². The third-order valence-electron chi connectivity index (χ3n) is 2.45. The molecule has 1 aliphatic heterocycles. The number of rotatable bonds is 3. The smallest absolute Gasteiger partial charge is 0.231 e. The summed E-state index contributed by atoms with van der Waals surface area (Å²) in [6, 6.07) is 0. The summed E-state index contributed by atoms with van der Waals surface area (Å²) in [6.45, 7) is 6.26. The van der Waals surface area contributed by atoms with Crippen LogP contribution in [0.5, 0.6) is 5.88 Å². The normalized spacial score (nSPS) is 23.4. The second kappa shape index (κ2) is 5.29. The van der Waals surface area contributed by atoms with Gasteiger partial charge in [-0.05, 0) is 29.8 Å². The lowest BCUT2D eigenvalue weighted by Crippen LogP contribution is -2.52. The number of nitrogens with one attached hydrogen (secondary N) is 1. The largest absolute Gasteiger partial charge is 0.474 e. The first kappa shape index (κ1) is 12.7. The minimum absolute atomic E-state index is 0.0422. The highest BCUT2D eigenvalue weighted by atomic mass is 79.9. The van der Waals surface area contributed by atoms with Crippen molar-refractivity contribution in [1.82, 2.24) is 15.3 Å². The molecule has 0 radical (unpaired) electrons. The quantitative estimate of drug-likeness (QED) is 0.914. The van der Waals surface area contributed by atoms with E-state index in [1.54, 1.807) is 6.20 Å². The Kier molecular flexibility index (Phi) is 3.96. The van der Waals surface area contributed by atoms with Gasteiger partial charge in [-0.1, -0.05) is 0 Å². The number of morpholine rings is 1. The van der Waals surface area contributed by atoms with Gasteiger partial charge in [-0.3, -0.25) is 0 Å². The summed E-state index contributed by atoms with van der Waals surface area (Å²) < 4.78 is 12.2. The summed E-state index contributed by atoms with van der Waals surface area (Å²) in [4.78, 5) is 7.92. The van der Waals surface area contributed by atoms with Crippen molar-refractivity contribution in [3.05, 3.63) is 17.0 Å². The van der Waals surface area contributed by atoms with Crippen LogP contribution in [0.3, 0.4) is 0 Å². The fourth-order valence-corrected chi connectivity index (χ4v) is 2.08. The summed E-state index contributed by atoms with van der Waals surface area (Å²) in [5.74, 6) is 0.548. The topological polar surface area (TPSA) is 56.3 Å². The van der Waals surface area contributed by atoms with Crippen molar-refractivity contribution in [2.45, 2.75) is 25.6 Å². The molecule has 1 aromatic heterocycles. The van der Waals surface area contributed by atoms with Gasteiger partial charge in [0.25, 0.3) is 0 Å². The van der Waals surface area contributed by atoms with Crippen molar-refractivity contribution >= 4 is 15.9 Å². The van der Waals surface area contributed by atoms with Gasteiger partial charge in [0, 0.05) is 19.3 Å². The molecule has 0 amide bonds. The Morgan fingerprint density at radius 1 is 1.65 bits per heavy atom. The fraction of sp³-hybridized carbons (Fsp3) is 0.636. The Balaban J connectivity index is 1.88. The molecule has 1 N–H and O–H groups in total. The highest BCUT2D eigenvalue weighted by Crippen LogP contribution is 2.21. The van der Waals surface area contributed by atoms with Crippen LogP contribution in [0.2, 0.25) is 0 Å². The number of hydrogen-bond acceptors (Lipinski definition) is 5. The maximum atomic E-state index is 5.89. The van der Waals surface area contributed by atoms with Gasteiger partial charge >= 0.3 is 0 Å². The predicted octanol–water partition coefficient (Wildman–Crippen LogP) is 1.38. The molecule has 0 aliphatic carbocycles. The lowest BCUT2D eigenvalue weighted by Gasteiger charge is -2.36. The Hall–Kier alpha value is -0.720. The Morgan fingerprint density at radius 2 is 2.47 bits per heavy atom. The van der Waals surface area contributed by atoms with E-state index >= 15 is 0 Å². The van der Waals surface area contributed by atoms with Crippen LogP contribution in [-0.4, -0.2) is 41.4 Å². The molecule has 0 bridgehead atoms. The van der Waals surface area contributed by atoms with Gasteiger partial charge in [0.15, 0.2) is 0 Å². The molecule has 94 valence electrons. The highest BCUT2D eigenvalue weighted by molar-refractivity contribution is 9.10. The molecule has 2 heterocycles. The van der Waals surface area contributed by atoms with E-state index in [1.807, 2.05) is 0 Å². The zero-order chi connectivity index (χ0) is 12.3. The number of halogens is 1. The Bertz CT molecular complexity index is 387. The number of aromatic nitrogens is 2. The van der Waals surface area contributed by atoms with Crippen LogP contribution in [0, 0.1) is 0 Å². The van der Waals surface area contributed by atoms with Crippen molar-refractivity contribution in [1.29, 1.82) is 0 Å². The first-order valence-electron chi connectivity index (χ1n) is 5.54. The van der Waals surface area contributed by atoms with Crippen molar-refractivity contribution in [2.75, 3.05) is 19.7 Å². The molecule has 1 aliphatic rings. The van der Waals surface area contributed by atoms with Crippen molar-refractivity contribution in [3.8, 4) is 5.88 Å². The van der Waals surface area contributed by atoms with Crippen LogP contribution in [0.15, 0.2) is 17.0 Å². The van der Waals surface area contributed by atoms with Gasteiger partial charge in [-0.2, -0.15) is 0 Å². The lowest BCUT2D eigenvalue weighted by molar-refractivity contribution is -0.107. The third-order valence-corrected chi connectivity index (χ3v) is 2.99. The van der Waals surface area contributed by atoms with E-state index in [2.05, 4.69) is 45.1 Å². The maximum Gasteiger partial charge on any atom is 0.231 e. The SMILES string of the molecule is CC1(C)CNCC(COc2ncncc2Br)O1. The Labute approximate surface area is 109 Å². The summed E-state index contributed by atoms with van der Waals surface area (Å²) in [6.07, 6.45) is 3.16. The fourth-order valence-electron chi connectivity index (χ4n) is 1.74. The molecular weight excluding hydrogens is 286 g/mol. The zero-order valence-electron chi connectivity index (χ0n) is 9.94. The molecule has 1 saturated heterocycles. The summed E-state index contributed by atoms with van der Waals surface area (Å²) in [5, 5.41) is 3.33. The van der Waals surface area contributed by atoms with Gasteiger partial charge in [0.1, 0.15) is 19.0 Å². The predicted molar refractivity (Wildman–Crippen MR) is 67.0 cm³/mol. The molecule has 0 spiro atoms. The minimum atomic E-state index is -0.144. The number of ether oxygens (including phenoxy) is 2. The summed E-state index contributed by atoms with van der Waals surface area (Å²) in [5.41, 5.74) is -0.144. The molecule has 0 aromatic carbocycles. The average Bonchev–Trinajstić information content (AvgIpc) is 2.27. The molecule has 1 fully saturated rings. The molecule has 2 rings (SSSR count). The van der Waals surface area contributed by atoms with Crippen LogP contribution in [0.1, 0.15) is 13.8 Å². The van der Waals surface area contributed by atoms with Crippen LogP contribution in [0.4, 0.5) is 0 Å². The molecular formula is C11H16BrN3O2. The number of hydrogen-bond donors (Lipinski definition) is 1. The molecule has 5 nitrogen and oxygen atoms in total. The van der Waals surface area contributed by atoms with Gasteiger partial charge < -0.3 is 14.8 Å². The minimum Gasteiger partial charge on any atom is -0.474 e. The van der Waals surface area contributed by atoms with E-state index in [0.29, 0.717) is 12.5 Å². The van der Waals surface area contributed by atoms with E-state index in [4.69, 9.17) is 9.47 Å². The number of nitrogens with zero attached hydrogens (tertiary/aromatic N) is 2. The maximum absolute atomic E-state index is 5.89. The average molecular weight is 302 g/mol. The first-order valence-corrected chi connectivity index (χ1v) is 6.33.